The molecule has 2 heterocycles. The number of hydrogen-bond donors (Lipinski definition) is 1. The Morgan fingerprint density at radius 1 is 1.19 bits per heavy atom. The van der Waals surface area contributed by atoms with Crippen LogP contribution in [0.1, 0.15) is 42.9 Å². The predicted octanol–water partition coefficient (Wildman–Crippen LogP) is 4.09. The Morgan fingerprint density at radius 2 is 1.92 bits per heavy atom. The number of rotatable bonds is 6. The molecule has 2 aromatic rings. The van der Waals surface area contributed by atoms with Crippen LogP contribution in [0.4, 0.5) is 4.39 Å². The highest BCUT2D eigenvalue weighted by Crippen LogP contribution is 2.26. The van der Waals surface area contributed by atoms with Gasteiger partial charge in [-0.1, -0.05) is 12.8 Å². The van der Waals surface area contributed by atoms with Crippen LogP contribution in [0.15, 0.2) is 39.9 Å². The number of nitrogens with one attached hydrogen (secondary N) is 1. The van der Waals surface area contributed by atoms with Gasteiger partial charge in [-0.15, -0.1) is 0 Å². The van der Waals surface area contributed by atoms with Gasteiger partial charge in [-0.05, 0) is 79.0 Å². The van der Waals surface area contributed by atoms with E-state index >= 15 is 0 Å². The first-order valence-electron chi connectivity index (χ1n) is 8.99. The molecule has 0 aliphatic carbocycles. The number of nitrogens with zero attached hydrogens (tertiary/aromatic N) is 1. The standard InChI is InChI=1S/C19H25FN2O2S2/c1-15-12-17(6-7-18(15)20)26(23,24)21-13-19(16-8-11-25-14-16)22-9-4-2-3-5-10-22/h6-8,11-12,14,19,21H,2-5,9-10,13H2,1H3. The molecule has 1 fully saturated rings. The van der Waals surface area contributed by atoms with E-state index in [9.17, 15) is 12.8 Å². The van der Waals surface area contributed by atoms with E-state index in [0.717, 1.165) is 31.5 Å². The van der Waals surface area contributed by atoms with Crippen molar-refractivity contribution in [1.82, 2.24) is 9.62 Å². The van der Waals surface area contributed by atoms with Crippen LogP contribution < -0.4 is 4.72 Å². The fourth-order valence-corrected chi connectivity index (χ4v) is 5.22. The zero-order chi connectivity index (χ0) is 18.6. The molecule has 1 N–H and O–H groups in total. The number of halogens is 1. The largest absolute Gasteiger partial charge is 0.295 e. The van der Waals surface area contributed by atoms with Crippen molar-refractivity contribution in [1.29, 1.82) is 0 Å². The third kappa shape index (κ3) is 4.71. The maximum atomic E-state index is 13.4. The highest BCUT2D eigenvalue weighted by atomic mass is 32.2. The summed E-state index contributed by atoms with van der Waals surface area (Å²) in [6.07, 6.45) is 4.75. The lowest BCUT2D eigenvalue weighted by Gasteiger charge is -2.30. The van der Waals surface area contributed by atoms with E-state index in [2.05, 4.69) is 21.1 Å². The third-order valence-corrected chi connectivity index (χ3v) is 7.04. The van der Waals surface area contributed by atoms with Crippen LogP contribution in [0.5, 0.6) is 0 Å². The van der Waals surface area contributed by atoms with Crippen molar-refractivity contribution in [3.05, 3.63) is 52.0 Å². The van der Waals surface area contributed by atoms with Crippen molar-refractivity contribution in [3.63, 3.8) is 0 Å². The average molecular weight is 397 g/mol. The molecule has 3 rings (SSSR count). The van der Waals surface area contributed by atoms with Crippen molar-refractivity contribution < 1.29 is 12.8 Å². The molecule has 0 bridgehead atoms. The van der Waals surface area contributed by atoms with Gasteiger partial charge in [0, 0.05) is 12.6 Å². The molecule has 1 saturated heterocycles. The highest BCUT2D eigenvalue weighted by Gasteiger charge is 2.24. The minimum Gasteiger partial charge on any atom is -0.295 e. The number of aryl methyl sites for hydroxylation is 1. The molecular formula is C19H25FN2O2S2. The van der Waals surface area contributed by atoms with Crippen molar-refractivity contribution in [2.45, 2.75) is 43.5 Å². The first kappa shape index (κ1) is 19.5. The van der Waals surface area contributed by atoms with Gasteiger partial charge in [0.25, 0.3) is 0 Å². The Balaban J connectivity index is 1.77. The molecule has 0 saturated carbocycles. The molecular weight excluding hydrogens is 371 g/mol. The van der Waals surface area contributed by atoms with Crippen LogP contribution in [-0.4, -0.2) is 33.0 Å². The van der Waals surface area contributed by atoms with Crippen LogP contribution >= 0.6 is 11.3 Å². The zero-order valence-corrected chi connectivity index (χ0v) is 16.6. The topological polar surface area (TPSA) is 49.4 Å². The van der Waals surface area contributed by atoms with Crippen molar-refractivity contribution >= 4 is 21.4 Å². The summed E-state index contributed by atoms with van der Waals surface area (Å²) in [5.41, 5.74) is 1.48. The van der Waals surface area contributed by atoms with Gasteiger partial charge in [0.2, 0.25) is 10.0 Å². The van der Waals surface area contributed by atoms with Gasteiger partial charge in [-0.3, -0.25) is 4.90 Å². The highest BCUT2D eigenvalue weighted by molar-refractivity contribution is 7.89. The Hall–Kier alpha value is -1.28. The van der Waals surface area contributed by atoms with E-state index in [0.29, 0.717) is 12.1 Å². The summed E-state index contributed by atoms with van der Waals surface area (Å²) in [5.74, 6) is -0.398. The van der Waals surface area contributed by atoms with Crippen LogP contribution in [0.3, 0.4) is 0 Å². The maximum Gasteiger partial charge on any atom is 0.240 e. The second-order valence-corrected chi connectivity index (χ2v) is 9.33. The zero-order valence-electron chi connectivity index (χ0n) is 14.9. The Bertz CT molecular complexity index is 814. The Kier molecular flexibility index (Phi) is 6.45. The fraction of sp³-hybridized carbons (Fsp3) is 0.474. The van der Waals surface area contributed by atoms with Crippen molar-refractivity contribution in [2.24, 2.45) is 0 Å². The molecule has 0 amide bonds. The molecule has 26 heavy (non-hydrogen) atoms. The molecule has 1 aromatic heterocycles. The molecule has 1 unspecified atom stereocenters. The third-order valence-electron chi connectivity index (χ3n) is 4.92. The molecule has 0 spiro atoms. The molecule has 4 nitrogen and oxygen atoms in total. The molecule has 0 radical (unpaired) electrons. The van der Waals surface area contributed by atoms with Crippen molar-refractivity contribution in [3.8, 4) is 0 Å². The van der Waals surface area contributed by atoms with Gasteiger partial charge in [0.15, 0.2) is 0 Å². The van der Waals surface area contributed by atoms with E-state index in [1.807, 2.05) is 5.38 Å². The van der Waals surface area contributed by atoms with E-state index < -0.39 is 15.8 Å². The molecule has 142 valence electrons. The summed E-state index contributed by atoms with van der Waals surface area (Å²) in [6.45, 7) is 3.85. The lowest BCUT2D eigenvalue weighted by molar-refractivity contribution is 0.206. The average Bonchev–Trinajstić information content (AvgIpc) is 3.00. The van der Waals surface area contributed by atoms with E-state index in [1.54, 1.807) is 18.3 Å². The number of likely N-dealkylation sites (tertiary alicyclic amines) is 1. The molecule has 1 aromatic carbocycles. The maximum absolute atomic E-state index is 13.4. The first-order chi connectivity index (χ1) is 12.5. The van der Waals surface area contributed by atoms with Crippen LogP contribution in [0.2, 0.25) is 0 Å². The second-order valence-electron chi connectivity index (χ2n) is 6.79. The number of hydrogen-bond acceptors (Lipinski definition) is 4. The summed E-state index contributed by atoms with van der Waals surface area (Å²) < 4.78 is 41.5. The minimum atomic E-state index is -3.67. The molecule has 1 atom stereocenters. The van der Waals surface area contributed by atoms with Gasteiger partial charge < -0.3 is 0 Å². The first-order valence-corrected chi connectivity index (χ1v) is 11.4. The van der Waals surface area contributed by atoms with Gasteiger partial charge in [0.05, 0.1) is 4.90 Å². The van der Waals surface area contributed by atoms with Crippen LogP contribution in [0.25, 0.3) is 0 Å². The predicted molar refractivity (Wildman–Crippen MR) is 103 cm³/mol. The Morgan fingerprint density at radius 3 is 2.54 bits per heavy atom. The van der Waals surface area contributed by atoms with E-state index in [4.69, 9.17) is 0 Å². The molecule has 1 aliphatic rings. The van der Waals surface area contributed by atoms with Crippen molar-refractivity contribution in [2.75, 3.05) is 19.6 Å². The number of thiophene rings is 1. The van der Waals surface area contributed by atoms with Gasteiger partial charge >= 0.3 is 0 Å². The molecule has 7 heteroatoms. The van der Waals surface area contributed by atoms with Crippen LogP contribution in [-0.2, 0) is 10.0 Å². The Labute approximate surface area is 159 Å². The van der Waals surface area contributed by atoms with Gasteiger partial charge in [-0.25, -0.2) is 17.5 Å². The summed E-state index contributed by atoms with van der Waals surface area (Å²) in [6, 6.07) is 5.99. The smallest absolute Gasteiger partial charge is 0.240 e. The quantitative estimate of drug-likeness (QED) is 0.800. The lowest BCUT2D eigenvalue weighted by atomic mass is 10.1. The number of benzene rings is 1. The SMILES string of the molecule is Cc1cc(S(=O)(=O)NCC(c2ccsc2)N2CCCCCC2)ccc1F. The second kappa shape index (κ2) is 8.61. The van der Waals surface area contributed by atoms with E-state index in [1.165, 1.54) is 31.0 Å². The number of sulfonamides is 1. The normalized spacial score (nSPS) is 17.8. The summed E-state index contributed by atoms with van der Waals surface area (Å²) in [5, 5.41) is 4.11. The van der Waals surface area contributed by atoms with Crippen LogP contribution in [0, 0.1) is 12.7 Å². The van der Waals surface area contributed by atoms with Gasteiger partial charge in [-0.2, -0.15) is 11.3 Å². The molecule has 1 aliphatic heterocycles. The fourth-order valence-electron chi connectivity index (χ4n) is 3.39. The lowest BCUT2D eigenvalue weighted by Crippen LogP contribution is -2.38. The minimum absolute atomic E-state index is 0.0238. The summed E-state index contributed by atoms with van der Waals surface area (Å²) in [7, 11) is -3.67. The summed E-state index contributed by atoms with van der Waals surface area (Å²) >= 11 is 1.62. The monoisotopic (exact) mass is 396 g/mol. The summed E-state index contributed by atoms with van der Waals surface area (Å²) in [4.78, 5) is 2.49. The van der Waals surface area contributed by atoms with E-state index in [-0.39, 0.29) is 10.9 Å². The van der Waals surface area contributed by atoms with Gasteiger partial charge in [0.1, 0.15) is 5.82 Å².